The van der Waals surface area contributed by atoms with Gasteiger partial charge in [-0.15, -0.1) is 11.3 Å². The van der Waals surface area contributed by atoms with Crippen molar-refractivity contribution in [1.82, 2.24) is 10.2 Å². The van der Waals surface area contributed by atoms with Crippen LogP contribution in [0.15, 0.2) is 30.3 Å². The topological polar surface area (TPSA) is 81.7 Å². The Morgan fingerprint density at radius 1 is 1.20 bits per heavy atom. The van der Waals surface area contributed by atoms with E-state index in [4.69, 9.17) is 11.6 Å². The highest BCUT2D eigenvalue weighted by molar-refractivity contribution is 7.18. The molecule has 2 heterocycles. The van der Waals surface area contributed by atoms with Crippen molar-refractivity contribution < 1.29 is 14.7 Å². The second-order valence-corrected chi connectivity index (χ2v) is 9.99. The van der Waals surface area contributed by atoms with Crippen LogP contribution in [0.5, 0.6) is 0 Å². The Morgan fingerprint density at radius 3 is 2.63 bits per heavy atom. The molecular formula is C22H26ClN3O3S. The van der Waals surface area contributed by atoms with E-state index < -0.39 is 11.6 Å². The molecule has 3 N–H and O–H groups in total. The Bertz CT molecular complexity index is 963. The van der Waals surface area contributed by atoms with Crippen LogP contribution in [0.3, 0.4) is 0 Å². The van der Waals surface area contributed by atoms with Crippen LogP contribution in [0.1, 0.15) is 40.1 Å². The number of benzene rings is 1. The number of thiophene rings is 1. The van der Waals surface area contributed by atoms with Crippen LogP contribution in [0.4, 0.5) is 5.69 Å². The van der Waals surface area contributed by atoms with Gasteiger partial charge in [-0.3, -0.25) is 9.59 Å². The first-order valence-electron chi connectivity index (χ1n) is 10.2. The summed E-state index contributed by atoms with van der Waals surface area (Å²) in [7, 11) is 2.12. The molecule has 1 fully saturated rings. The van der Waals surface area contributed by atoms with E-state index in [9.17, 15) is 14.7 Å². The van der Waals surface area contributed by atoms with Crippen LogP contribution in [-0.2, 0) is 17.6 Å². The normalized spacial score (nSPS) is 24.2. The minimum absolute atomic E-state index is 0.194. The molecule has 160 valence electrons. The second-order valence-electron chi connectivity index (χ2n) is 8.28. The molecule has 0 bridgehead atoms. The predicted molar refractivity (Wildman–Crippen MR) is 119 cm³/mol. The highest BCUT2D eigenvalue weighted by Crippen LogP contribution is 2.33. The number of carbonyl (C=O) groups is 2. The van der Waals surface area contributed by atoms with E-state index in [1.807, 2.05) is 12.1 Å². The lowest BCUT2D eigenvalue weighted by atomic mass is 9.95. The molecule has 1 aliphatic carbocycles. The van der Waals surface area contributed by atoms with Crippen LogP contribution in [-0.4, -0.2) is 53.6 Å². The largest absolute Gasteiger partial charge is 0.393 e. The molecule has 2 aliphatic rings. The summed E-state index contributed by atoms with van der Waals surface area (Å²) < 4.78 is 0.515. The fourth-order valence-electron chi connectivity index (χ4n) is 4.28. The first-order valence-corrected chi connectivity index (χ1v) is 11.4. The lowest BCUT2D eigenvalue weighted by Gasteiger charge is -2.29. The molecule has 4 rings (SSSR count). The Balaban J connectivity index is 1.52. The van der Waals surface area contributed by atoms with Gasteiger partial charge in [0, 0.05) is 25.2 Å². The molecule has 0 saturated heterocycles. The molecule has 2 unspecified atom stereocenters. The fraction of sp³-hybridized carbons (Fsp3) is 0.455. The molecule has 2 aromatic rings. The Kier molecular flexibility index (Phi) is 6.16. The minimum Gasteiger partial charge on any atom is -0.393 e. The average Bonchev–Trinajstić information content (AvgIpc) is 3.26. The first-order chi connectivity index (χ1) is 14.3. The number of nitrogens with zero attached hydrogens (tertiary/aromatic N) is 1. The predicted octanol–water partition coefficient (Wildman–Crippen LogP) is 3.08. The van der Waals surface area contributed by atoms with Crippen LogP contribution in [0, 0.1) is 0 Å². The van der Waals surface area contributed by atoms with Gasteiger partial charge in [0.1, 0.15) is 5.54 Å². The molecule has 6 nitrogen and oxygen atoms in total. The Hall–Kier alpha value is -1.93. The number of likely N-dealkylation sites (N-methyl/N-ethyl adjacent to an activating group) is 1. The maximum atomic E-state index is 13.3. The van der Waals surface area contributed by atoms with E-state index >= 15 is 0 Å². The maximum absolute atomic E-state index is 13.3. The summed E-state index contributed by atoms with van der Waals surface area (Å²) in [5, 5.41) is 16.0. The number of anilines is 1. The summed E-state index contributed by atoms with van der Waals surface area (Å²) in [6, 6.07) is 9.33. The van der Waals surface area contributed by atoms with E-state index in [1.54, 1.807) is 12.1 Å². The van der Waals surface area contributed by atoms with Gasteiger partial charge in [0.05, 0.1) is 15.3 Å². The molecule has 1 saturated carbocycles. The molecule has 30 heavy (non-hydrogen) atoms. The van der Waals surface area contributed by atoms with E-state index in [0.717, 1.165) is 31.6 Å². The highest BCUT2D eigenvalue weighted by Gasteiger charge is 2.46. The second kappa shape index (κ2) is 8.67. The van der Waals surface area contributed by atoms with Gasteiger partial charge in [0.25, 0.3) is 5.91 Å². The van der Waals surface area contributed by atoms with Crippen molar-refractivity contribution in [3.05, 3.63) is 50.7 Å². The monoisotopic (exact) mass is 447 g/mol. The third-order valence-electron chi connectivity index (χ3n) is 6.06. The number of aliphatic hydroxyl groups is 1. The van der Waals surface area contributed by atoms with Crippen LogP contribution >= 0.6 is 22.9 Å². The molecule has 1 aromatic heterocycles. The van der Waals surface area contributed by atoms with Crippen molar-refractivity contribution >= 4 is 40.4 Å². The quantitative estimate of drug-likeness (QED) is 0.672. The summed E-state index contributed by atoms with van der Waals surface area (Å²) in [6.07, 6.45) is 2.37. The third kappa shape index (κ3) is 4.54. The van der Waals surface area contributed by atoms with Crippen LogP contribution in [0.25, 0.3) is 0 Å². The smallest absolute Gasteiger partial charge is 0.262 e. The first kappa shape index (κ1) is 21.3. The zero-order chi connectivity index (χ0) is 21.3. The third-order valence-corrected chi connectivity index (χ3v) is 7.29. The standard InChI is InChI=1S/C22H26ClN3O3S/c1-26-10-7-14-2-3-16(12-15(14)8-11-26)24-21(29)22(9-6-17(27)13-22)25-20(28)18-4-5-19(23)30-18/h2-5,12,17,27H,6-11,13H2,1H3,(H,24,29)(H,25,28). The summed E-state index contributed by atoms with van der Waals surface area (Å²) in [5.74, 6) is -0.637. The lowest BCUT2D eigenvalue weighted by Crippen LogP contribution is -2.55. The van der Waals surface area contributed by atoms with Crippen molar-refractivity contribution in [1.29, 1.82) is 0 Å². The van der Waals surface area contributed by atoms with Gasteiger partial charge in [-0.2, -0.15) is 0 Å². The van der Waals surface area contributed by atoms with Crippen molar-refractivity contribution in [2.24, 2.45) is 0 Å². The van der Waals surface area contributed by atoms with Gasteiger partial charge >= 0.3 is 0 Å². The molecular weight excluding hydrogens is 422 g/mol. The molecule has 2 amide bonds. The lowest BCUT2D eigenvalue weighted by molar-refractivity contribution is -0.122. The maximum Gasteiger partial charge on any atom is 0.262 e. The summed E-state index contributed by atoms with van der Waals surface area (Å²) in [5.41, 5.74) is 2.14. The number of hydrogen-bond donors (Lipinski definition) is 3. The Labute approximate surface area is 185 Å². The number of amides is 2. The number of fused-ring (bicyclic) bond motifs is 1. The average molecular weight is 448 g/mol. The zero-order valence-electron chi connectivity index (χ0n) is 16.9. The zero-order valence-corrected chi connectivity index (χ0v) is 18.5. The van der Waals surface area contributed by atoms with Gasteiger partial charge < -0.3 is 20.6 Å². The van der Waals surface area contributed by atoms with Crippen LogP contribution in [0.2, 0.25) is 4.34 Å². The molecule has 2 atom stereocenters. The van der Waals surface area contributed by atoms with Crippen LogP contribution < -0.4 is 10.6 Å². The molecule has 8 heteroatoms. The van der Waals surface area contributed by atoms with Gasteiger partial charge in [0.2, 0.25) is 5.91 Å². The van der Waals surface area contributed by atoms with E-state index in [0.29, 0.717) is 22.1 Å². The number of aliphatic hydroxyl groups excluding tert-OH is 1. The van der Waals surface area contributed by atoms with Gasteiger partial charge in [-0.05, 0) is 68.1 Å². The number of rotatable bonds is 4. The van der Waals surface area contributed by atoms with Crippen molar-refractivity contribution in [2.45, 2.75) is 43.7 Å². The molecule has 1 aromatic carbocycles. The minimum atomic E-state index is -1.14. The molecule has 1 aliphatic heterocycles. The van der Waals surface area contributed by atoms with Crippen molar-refractivity contribution in [2.75, 3.05) is 25.5 Å². The number of halogens is 1. The van der Waals surface area contributed by atoms with Crippen molar-refractivity contribution in [3.8, 4) is 0 Å². The van der Waals surface area contributed by atoms with E-state index in [2.05, 4.69) is 28.6 Å². The van der Waals surface area contributed by atoms with Gasteiger partial charge in [-0.1, -0.05) is 17.7 Å². The summed E-state index contributed by atoms with van der Waals surface area (Å²) >= 11 is 7.11. The Morgan fingerprint density at radius 2 is 1.97 bits per heavy atom. The van der Waals surface area contributed by atoms with E-state index in [1.165, 1.54) is 22.5 Å². The summed E-state index contributed by atoms with van der Waals surface area (Å²) in [6.45, 7) is 2.01. The van der Waals surface area contributed by atoms with Crippen molar-refractivity contribution in [3.63, 3.8) is 0 Å². The SMILES string of the molecule is CN1CCc2ccc(NC(=O)C3(NC(=O)c4ccc(Cl)s4)CCC(O)C3)cc2CC1. The highest BCUT2D eigenvalue weighted by atomic mass is 35.5. The van der Waals surface area contributed by atoms with E-state index in [-0.39, 0.29) is 18.2 Å². The molecule has 0 radical (unpaired) electrons. The van der Waals surface area contributed by atoms with Gasteiger partial charge in [0.15, 0.2) is 0 Å². The number of hydrogen-bond acceptors (Lipinski definition) is 5. The fourth-order valence-corrected chi connectivity index (χ4v) is 5.21. The van der Waals surface area contributed by atoms with Gasteiger partial charge in [-0.25, -0.2) is 0 Å². The number of nitrogens with one attached hydrogen (secondary N) is 2. The number of carbonyl (C=O) groups excluding carboxylic acids is 2. The summed E-state index contributed by atoms with van der Waals surface area (Å²) in [4.78, 5) is 28.7. The molecule has 0 spiro atoms.